The van der Waals surface area contributed by atoms with Crippen molar-refractivity contribution in [3.8, 4) is 0 Å². The summed E-state index contributed by atoms with van der Waals surface area (Å²) in [5.41, 5.74) is 1.01. The lowest BCUT2D eigenvalue weighted by Gasteiger charge is -2.24. The van der Waals surface area contributed by atoms with Crippen molar-refractivity contribution >= 4 is 56.6 Å². The number of hydrogen-bond acceptors (Lipinski definition) is 4. The zero-order valence-electron chi connectivity index (χ0n) is 14.9. The van der Waals surface area contributed by atoms with Crippen LogP contribution in [-0.2, 0) is 14.8 Å². The quantitative estimate of drug-likeness (QED) is 0.491. The number of carbonyl (C=O) groups is 1. The zero-order valence-corrected chi connectivity index (χ0v) is 18.1. The molecule has 1 N–H and O–H groups in total. The standard InChI is InChI=1S/C18H20Cl2N2O3S2/c1-13-16(20)4-3-5-17(13)22(27(2,24)25)12-18(23)21-10-11-26-15-8-6-14(19)7-9-15/h3-9H,10-12H2,1-2H3,(H,21,23). The van der Waals surface area contributed by atoms with E-state index in [1.807, 2.05) is 12.1 Å². The van der Waals surface area contributed by atoms with Crippen molar-refractivity contribution in [2.45, 2.75) is 11.8 Å². The Kier molecular flexibility index (Phi) is 7.85. The van der Waals surface area contributed by atoms with Crippen LogP contribution in [0.3, 0.4) is 0 Å². The van der Waals surface area contributed by atoms with Crippen LogP contribution in [-0.4, -0.2) is 39.4 Å². The fraction of sp³-hybridized carbons (Fsp3) is 0.278. The molecule has 9 heteroatoms. The van der Waals surface area contributed by atoms with Crippen LogP contribution in [0, 0.1) is 6.92 Å². The highest BCUT2D eigenvalue weighted by Gasteiger charge is 2.22. The van der Waals surface area contributed by atoms with E-state index in [0.29, 0.717) is 33.6 Å². The highest BCUT2D eigenvalue weighted by molar-refractivity contribution is 7.99. The summed E-state index contributed by atoms with van der Waals surface area (Å²) in [6, 6.07) is 12.4. The van der Waals surface area contributed by atoms with E-state index in [2.05, 4.69) is 5.32 Å². The van der Waals surface area contributed by atoms with Gasteiger partial charge in [-0.15, -0.1) is 11.8 Å². The molecule has 0 heterocycles. The molecule has 2 aromatic carbocycles. The monoisotopic (exact) mass is 446 g/mol. The molecule has 0 saturated heterocycles. The van der Waals surface area contributed by atoms with Gasteiger partial charge < -0.3 is 5.32 Å². The first-order chi connectivity index (χ1) is 12.7. The molecule has 0 saturated carbocycles. The molecule has 0 fully saturated rings. The number of halogens is 2. The molecular formula is C18H20Cl2N2O3S2. The first-order valence-electron chi connectivity index (χ1n) is 8.06. The third-order valence-electron chi connectivity index (χ3n) is 3.70. The van der Waals surface area contributed by atoms with E-state index in [-0.39, 0.29) is 12.5 Å². The average Bonchev–Trinajstić information content (AvgIpc) is 2.60. The Bertz CT molecular complexity index is 903. The van der Waals surface area contributed by atoms with Crippen molar-refractivity contribution in [1.29, 1.82) is 0 Å². The lowest BCUT2D eigenvalue weighted by molar-refractivity contribution is -0.119. The van der Waals surface area contributed by atoms with Crippen LogP contribution in [0.15, 0.2) is 47.4 Å². The van der Waals surface area contributed by atoms with Gasteiger partial charge in [0, 0.05) is 27.2 Å². The smallest absolute Gasteiger partial charge is 0.240 e. The van der Waals surface area contributed by atoms with E-state index in [1.165, 1.54) is 0 Å². The van der Waals surface area contributed by atoms with Crippen LogP contribution in [0.2, 0.25) is 10.0 Å². The van der Waals surface area contributed by atoms with Gasteiger partial charge in [-0.05, 0) is 48.9 Å². The highest BCUT2D eigenvalue weighted by atomic mass is 35.5. The number of hydrogen-bond donors (Lipinski definition) is 1. The third kappa shape index (κ3) is 6.60. The normalized spacial score (nSPS) is 11.3. The van der Waals surface area contributed by atoms with Crippen molar-refractivity contribution in [2.24, 2.45) is 0 Å². The maximum Gasteiger partial charge on any atom is 0.240 e. The summed E-state index contributed by atoms with van der Waals surface area (Å²) < 4.78 is 25.4. The number of benzene rings is 2. The van der Waals surface area contributed by atoms with Crippen molar-refractivity contribution in [2.75, 3.05) is 29.4 Å². The van der Waals surface area contributed by atoms with Crippen LogP contribution in [0.1, 0.15) is 5.56 Å². The van der Waals surface area contributed by atoms with Crippen molar-refractivity contribution < 1.29 is 13.2 Å². The van der Waals surface area contributed by atoms with Gasteiger partial charge in [0.05, 0.1) is 11.9 Å². The maximum absolute atomic E-state index is 12.2. The minimum atomic E-state index is -3.63. The summed E-state index contributed by atoms with van der Waals surface area (Å²) in [5, 5.41) is 3.86. The minimum Gasteiger partial charge on any atom is -0.354 e. The summed E-state index contributed by atoms with van der Waals surface area (Å²) in [7, 11) is -3.63. The number of carbonyl (C=O) groups excluding carboxylic acids is 1. The Morgan fingerprint density at radius 2 is 1.81 bits per heavy atom. The van der Waals surface area contributed by atoms with Crippen molar-refractivity contribution in [1.82, 2.24) is 5.32 Å². The number of amides is 1. The van der Waals surface area contributed by atoms with Gasteiger partial charge in [0.1, 0.15) is 6.54 Å². The van der Waals surface area contributed by atoms with Crippen LogP contribution in [0.4, 0.5) is 5.69 Å². The molecule has 0 bridgehead atoms. The molecule has 5 nitrogen and oxygen atoms in total. The van der Waals surface area contributed by atoms with E-state index < -0.39 is 10.0 Å². The third-order valence-corrected chi connectivity index (χ3v) is 6.50. The van der Waals surface area contributed by atoms with Gasteiger partial charge in [0.2, 0.25) is 15.9 Å². The molecule has 1 amide bonds. The number of nitrogens with one attached hydrogen (secondary N) is 1. The highest BCUT2D eigenvalue weighted by Crippen LogP contribution is 2.28. The van der Waals surface area contributed by atoms with Crippen LogP contribution in [0.5, 0.6) is 0 Å². The molecule has 27 heavy (non-hydrogen) atoms. The van der Waals surface area contributed by atoms with Gasteiger partial charge in [-0.25, -0.2) is 8.42 Å². The van der Waals surface area contributed by atoms with Crippen molar-refractivity contribution in [3.05, 3.63) is 58.1 Å². The molecule has 146 valence electrons. The first kappa shape index (κ1) is 21.9. The SMILES string of the molecule is Cc1c(Cl)cccc1N(CC(=O)NCCSc1ccc(Cl)cc1)S(C)(=O)=O. The van der Waals surface area contributed by atoms with Gasteiger partial charge in [0.15, 0.2) is 0 Å². The lowest BCUT2D eigenvalue weighted by Crippen LogP contribution is -2.41. The van der Waals surface area contributed by atoms with Gasteiger partial charge in [-0.2, -0.15) is 0 Å². The summed E-state index contributed by atoms with van der Waals surface area (Å²) >= 11 is 13.5. The summed E-state index contributed by atoms with van der Waals surface area (Å²) in [6.45, 7) is 1.83. The van der Waals surface area contributed by atoms with E-state index in [0.717, 1.165) is 15.5 Å². The molecule has 0 aliphatic rings. The van der Waals surface area contributed by atoms with Gasteiger partial charge in [-0.3, -0.25) is 9.10 Å². The number of thioether (sulfide) groups is 1. The molecule has 2 aromatic rings. The second-order valence-electron chi connectivity index (χ2n) is 5.81. The lowest BCUT2D eigenvalue weighted by atomic mass is 10.2. The fourth-order valence-electron chi connectivity index (χ4n) is 2.32. The molecule has 0 unspecified atom stereocenters. The number of sulfonamides is 1. The Morgan fingerprint density at radius 1 is 1.15 bits per heavy atom. The second-order valence-corrected chi connectivity index (χ2v) is 9.72. The van der Waals surface area contributed by atoms with Gasteiger partial charge in [0.25, 0.3) is 0 Å². The van der Waals surface area contributed by atoms with Crippen LogP contribution in [0.25, 0.3) is 0 Å². The van der Waals surface area contributed by atoms with Gasteiger partial charge >= 0.3 is 0 Å². The average molecular weight is 447 g/mol. The Hall–Kier alpha value is -1.41. The number of rotatable bonds is 8. The predicted molar refractivity (Wildman–Crippen MR) is 114 cm³/mol. The molecule has 0 spiro atoms. The van der Waals surface area contributed by atoms with Crippen molar-refractivity contribution in [3.63, 3.8) is 0 Å². The molecule has 2 rings (SSSR count). The Labute approximate surface area is 174 Å². The van der Waals surface area contributed by atoms with E-state index in [9.17, 15) is 13.2 Å². The zero-order chi connectivity index (χ0) is 20.0. The van der Waals surface area contributed by atoms with E-state index >= 15 is 0 Å². The molecule has 0 radical (unpaired) electrons. The Balaban J connectivity index is 1.94. The summed E-state index contributed by atoms with van der Waals surface area (Å²) in [4.78, 5) is 13.3. The van der Waals surface area contributed by atoms with E-state index in [4.69, 9.17) is 23.2 Å². The minimum absolute atomic E-state index is 0.300. The maximum atomic E-state index is 12.2. The fourth-order valence-corrected chi connectivity index (χ4v) is 4.29. The van der Waals surface area contributed by atoms with Crippen LogP contribution < -0.4 is 9.62 Å². The topological polar surface area (TPSA) is 66.5 Å². The molecule has 0 atom stereocenters. The van der Waals surface area contributed by atoms with E-state index in [1.54, 1.807) is 49.0 Å². The molecular weight excluding hydrogens is 427 g/mol. The summed E-state index contributed by atoms with van der Waals surface area (Å²) in [6.07, 6.45) is 1.07. The Morgan fingerprint density at radius 3 is 2.44 bits per heavy atom. The number of anilines is 1. The molecule has 0 aromatic heterocycles. The van der Waals surface area contributed by atoms with Gasteiger partial charge in [-0.1, -0.05) is 29.3 Å². The summed E-state index contributed by atoms with van der Waals surface area (Å²) in [5.74, 6) is 0.277. The molecule has 0 aliphatic carbocycles. The number of nitrogens with zero attached hydrogens (tertiary/aromatic N) is 1. The molecule has 0 aliphatic heterocycles. The predicted octanol–water partition coefficient (Wildman–Crippen LogP) is 3.98. The second kappa shape index (κ2) is 9.68. The largest absolute Gasteiger partial charge is 0.354 e. The van der Waals surface area contributed by atoms with Crippen LogP contribution >= 0.6 is 35.0 Å². The first-order valence-corrected chi connectivity index (χ1v) is 11.7.